The van der Waals surface area contributed by atoms with E-state index in [2.05, 4.69) is 13.8 Å². The van der Waals surface area contributed by atoms with Crippen LogP contribution in [0.15, 0.2) is 84.9 Å². The maximum Gasteiger partial charge on any atom is 0.293 e. The molecule has 1 aliphatic heterocycles. The number of hydrogen-bond acceptors (Lipinski definition) is 8. The Labute approximate surface area is 323 Å². The minimum Gasteiger partial charge on any atom is -0.489 e. The number of nitro groups is 1. The highest BCUT2D eigenvalue weighted by atomic mass is 35.5. The smallest absolute Gasteiger partial charge is 0.293 e. The van der Waals surface area contributed by atoms with Crippen LogP contribution in [0.2, 0.25) is 5.02 Å². The number of nitrogens with zero attached hydrogens (tertiary/aromatic N) is 3. The average molecular weight is 795 g/mol. The highest BCUT2D eigenvalue weighted by Crippen LogP contribution is 2.39. The number of halogens is 4. The number of nitrogens with two attached hydrogens (primary N) is 1. The summed E-state index contributed by atoms with van der Waals surface area (Å²) in [7, 11) is 1.58. The highest BCUT2D eigenvalue weighted by molar-refractivity contribution is 6.54. The van der Waals surface area contributed by atoms with Crippen molar-refractivity contribution in [2.45, 2.75) is 44.5 Å². The lowest BCUT2D eigenvalue weighted by molar-refractivity contribution is -0.383. The first kappa shape index (κ1) is 42.2. The van der Waals surface area contributed by atoms with Crippen LogP contribution in [0.4, 0.5) is 22.7 Å². The summed E-state index contributed by atoms with van der Waals surface area (Å²) >= 11 is 22.9. The van der Waals surface area contributed by atoms with E-state index in [1.54, 1.807) is 41.2 Å². The normalized spacial score (nSPS) is 13.0. The molecule has 15 heteroatoms. The number of nitro benzene ring substituents is 1. The lowest BCUT2D eigenvalue weighted by atomic mass is 10.0. The van der Waals surface area contributed by atoms with E-state index < -0.39 is 9.76 Å². The quantitative estimate of drug-likeness (QED) is 0.0552. The molecule has 0 aromatic heterocycles. The van der Waals surface area contributed by atoms with Crippen molar-refractivity contribution in [3.05, 3.63) is 111 Å². The van der Waals surface area contributed by atoms with Gasteiger partial charge in [0.15, 0.2) is 4.84 Å². The molecule has 1 unspecified atom stereocenters. The Kier molecular flexibility index (Phi) is 16.8. The summed E-state index contributed by atoms with van der Waals surface area (Å²) in [4.78, 5) is 36.1. The Morgan fingerprint density at radius 2 is 1.62 bits per heavy atom. The van der Waals surface area contributed by atoms with Crippen molar-refractivity contribution >= 4 is 81.0 Å². The first-order chi connectivity index (χ1) is 24.9. The van der Waals surface area contributed by atoms with Crippen molar-refractivity contribution in [3.63, 3.8) is 0 Å². The fraction of sp³-hybridized carbons (Fsp3) is 0.297. The van der Waals surface area contributed by atoms with E-state index in [-0.39, 0.29) is 52.6 Å². The van der Waals surface area contributed by atoms with Gasteiger partial charge in [0, 0.05) is 13.2 Å². The number of aryl methyl sites for hydroxylation is 2. The molecule has 0 bridgehead atoms. The van der Waals surface area contributed by atoms with Crippen molar-refractivity contribution in [3.8, 4) is 17.2 Å². The number of hydrogen-bond donors (Lipinski definition) is 1. The van der Waals surface area contributed by atoms with Gasteiger partial charge in [-0.05, 0) is 61.2 Å². The molecule has 1 atom stereocenters. The summed E-state index contributed by atoms with van der Waals surface area (Å²) in [6, 6.07) is 25.0. The molecule has 0 saturated heterocycles. The number of amides is 2. The molecule has 1 heterocycles. The molecule has 0 aliphatic carbocycles. The van der Waals surface area contributed by atoms with E-state index in [9.17, 15) is 19.7 Å². The Morgan fingerprint density at radius 1 is 1.00 bits per heavy atom. The number of methoxy groups -OCH3 is 1. The first-order valence-electron chi connectivity index (χ1n) is 16.1. The zero-order valence-corrected chi connectivity index (χ0v) is 32.1. The minimum absolute atomic E-state index is 0.0352. The van der Waals surface area contributed by atoms with E-state index in [0.717, 1.165) is 35.3 Å². The maximum atomic E-state index is 12.0. The molecule has 0 fully saturated rings. The van der Waals surface area contributed by atoms with Crippen molar-refractivity contribution in [1.82, 2.24) is 0 Å². The second kappa shape index (κ2) is 20.7. The first-order valence-corrected chi connectivity index (χ1v) is 17.9. The van der Waals surface area contributed by atoms with E-state index >= 15 is 0 Å². The number of nitrogen functional groups attached to an aromatic ring is 1. The Hall–Kier alpha value is -4.26. The van der Waals surface area contributed by atoms with Crippen molar-refractivity contribution in [2.24, 2.45) is 0 Å². The van der Waals surface area contributed by atoms with Crippen molar-refractivity contribution in [2.75, 3.05) is 41.9 Å². The van der Waals surface area contributed by atoms with Gasteiger partial charge in [0.25, 0.3) is 11.6 Å². The number of carbonyl (C=O) groups is 2. The summed E-state index contributed by atoms with van der Waals surface area (Å²) in [6.07, 6.45) is 1.75. The summed E-state index contributed by atoms with van der Waals surface area (Å²) < 4.78 is 16.1. The van der Waals surface area contributed by atoms with Crippen LogP contribution in [-0.4, -0.2) is 53.9 Å². The molecular formula is C37H40Cl4N4O7. The number of benzene rings is 4. The lowest BCUT2D eigenvalue weighted by Crippen LogP contribution is -2.47. The molecule has 4 aromatic rings. The molecule has 5 rings (SSSR count). The third-order valence-electron chi connectivity index (χ3n) is 7.67. The number of ether oxygens (including phenoxy) is 3. The molecule has 2 N–H and O–H groups in total. The van der Waals surface area contributed by atoms with Gasteiger partial charge in [0.1, 0.15) is 47.2 Å². The molecule has 0 radical (unpaired) electrons. The SMILES string of the molecule is CC1COc2ccccc2N1C(=O)C(Cl)Cl.CCc1cccc(CC)c1N(COC)C(=O)CCl.Nc1c([N+](=O)[O-])ccc(Oc2ccccc2)c1Cl. The summed E-state index contributed by atoms with van der Waals surface area (Å²) in [5, 5.41) is 10.7. The van der Waals surface area contributed by atoms with Crippen LogP contribution in [0.5, 0.6) is 17.2 Å². The standard InChI is InChI=1S/C14H20ClNO2.C12H9ClN2O3.C11H11Cl2NO2/c1-4-11-7-6-8-12(5-2)14(11)16(10-18-3)13(17)9-15;13-11-10(18-8-4-2-1-3-5-8)7-6-9(12(11)14)15(16)17;1-7-6-16-9-5-3-2-4-8(9)14(7)11(15)10(12)13/h6-8H,4-5,9-10H2,1-3H3;1-7H,14H2;2-5,7,10H,6H2,1H3. The fourth-order valence-electron chi connectivity index (χ4n) is 5.18. The number of fused-ring (bicyclic) bond motifs is 1. The topological polar surface area (TPSA) is 137 Å². The highest BCUT2D eigenvalue weighted by Gasteiger charge is 2.32. The summed E-state index contributed by atoms with van der Waals surface area (Å²) in [5.41, 5.74) is 9.21. The monoisotopic (exact) mass is 792 g/mol. The summed E-state index contributed by atoms with van der Waals surface area (Å²) in [5.74, 6) is 1.06. The van der Waals surface area contributed by atoms with Crippen LogP contribution < -0.4 is 25.0 Å². The number of rotatable bonds is 10. The maximum absolute atomic E-state index is 12.0. The molecular weight excluding hydrogens is 754 g/mol. The second-order valence-electron chi connectivity index (χ2n) is 11.1. The largest absolute Gasteiger partial charge is 0.489 e. The Bertz CT molecular complexity index is 1790. The Morgan fingerprint density at radius 3 is 2.17 bits per heavy atom. The van der Waals surface area contributed by atoms with Gasteiger partial charge in [-0.25, -0.2) is 0 Å². The van der Waals surface area contributed by atoms with Gasteiger partial charge in [-0.3, -0.25) is 24.6 Å². The van der Waals surface area contributed by atoms with Gasteiger partial charge in [0.05, 0.1) is 22.3 Å². The number of alkyl halides is 3. The van der Waals surface area contributed by atoms with Gasteiger partial charge >= 0.3 is 0 Å². The number of carbonyl (C=O) groups excluding carboxylic acids is 2. The molecule has 278 valence electrons. The van der Waals surface area contributed by atoms with Crippen LogP contribution in [0.3, 0.4) is 0 Å². The van der Waals surface area contributed by atoms with Crippen molar-refractivity contribution < 1.29 is 28.7 Å². The van der Waals surface area contributed by atoms with Gasteiger partial charge in [0.2, 0.25) is 5.91 Å². The van der Waals surface area contributed by atoms with Gasteiger partial charge in [-0.2, -0.15) is 0 Å². The van der Waals surface area contributed by atoms with Gasteiger partial charge in [-0.15, -0.1) is 11.6 Å². The second-order valence-corrected chi connectivity index (χ2v) is 12.9. The van der Waals surface area contributed by atoms with Crippen molar-refractivity contribution in [1.29, 1.82) is 0 Å². The van der Waals surface area contributed by atoms with Crippen LogP contribution in [0.25, 0.3) is 0 Å². The van der Waals surface area contributed by atoms with E-state index in [1.807, 2.05) is 55.5 Å². The predicted octanol–water partition coefficient (Wildman–Crippen LogP) is 9.21. The molecule has 11 nitrogen and oxygen atoms in total. The van der Waals surface area contributed by atoms with Crippen LogP contribution in [0.1, 0.15) is 31.9 Å². The average Bonchev–Trinajstić information content (AvgIpc) is 3.15. The molecule has 2 amide bonds. The lowest BCUT2D eigenvalue weighted by Gasteiger charge is -2.35. The zero-order valence-electron chi connectivity index (χ0n) is 29.1. The molecule has 0 spiro atoms. The number of para-hydroxylation sites is 4. The van der Waals surface area contributed by atoms with E-state index in [0.29, 0.717) is 18.1 Å². The van der Waals surface area contributed by atoms with Crippen LogP contribution in [-0.2, 0) is 27.2 Å². The number of anilines is 3. The molecule has 4 aromatic carbocycles. The van der Waals surface area contributed by atoms with Crippen LogP contribution >= 0.6 is 46.4 Å². The molecule has 0 saturated carbocycles. The predicted molar refractivity (Wildman–Crippen MR) is 209 cm³/mol. The van der Waals surface area contributed by atoms with E-state index in [4.69, 9.17) is 66.3 Å². The molecule has 1 aliphatic rings. The Balaban J connectivity index is 0.000000211. The zero-order chi connectivity index (χ0) is 38.4. The molecule has 52 heavy (non-hydrogen) atoms. The van der Waals surface area contributed by atoms with Gasteiger partial charge in [-0.1, -0.05) is 97.2 Å². The third kappa shape index (κ3) is 10.9. The summed E-state index contributed by atoms with van der Waals surface area (Å²) in [6.45, 7) is 6.73. The van der Waals surface area contributed by atoms with E-state index in [1.165, 1.54) is 12.1 Å². The fourth-order valence-corrected chi connectivity index (χ4v) is 5.74. The third-order valence-corrected chi connectivity index (χ3v) is 8.66. The minimum atomic E-state index is -1.05. The van der Waals surface area contributed by atoms with Crippen LogP contribution in [0, 0.1) is 10.1 Å². The van der Waals surface area contributed by atoms with Gasteiger partial charge < -0.3 is 24.8 Å².